The molecule has 2 fully saturated rings. The zero-order valence-electron chi connectivity index (χ0n) is 22.9. The molecular weight excluding hydrogens is 538 g/mol. The highest BCUT2D eigenvalue weighted by Crippen LogP contribution is 2.36. The van der Waals surface area contributed by atoms with Gasteiger partial charge in [-0.05, 0) is 56.1 Å². The number of benzene rings is 2. The molecule has 0 aliphatic carbocycles. The fourth-order valence-electron chi connectivity index (χ4n) is 6.22. The van der Waals surface area contributed by atoms with Crippen LogP contribution in [0.1, 0.15) is 35.6 Å². The minimum absolute atomic E-state index is 0.0217. The van der Waals surface area contributed by atoms with E-state index in [2.05, 4.69) is 9.88 Å². The summed E-state index contributed by atoms with van der Waals surface area (Å²) < 4.78 is 65.7. The van der Waals surface area contributed by atoms with Crippen LogP contribution in [0.5, 0.6) is 5.88 Å². The number of ether oxygens (including phenoxy) is 1. The highest BCUT2D eigenvalue weighted by Gasteiger charge is 2.35. The third-order valence-corrected chi connectivity index (χ3v) is 8.15. The number of hydrogen-bond acceptors (Lipinski definition) is 5. The van der Waals surface area contributed by atoms with E-state index >= 15 is 0 Å². The van der Waals surface area contributed by atoms with Crippen LogP contribution in [-0.4, -0.2) is 58.3 Å². The lowest BCUT2D eigenvalue weighted by atomic mass is 10.1. The number of fused-ring (bicyclic) bond motifs is 1. The fourth-order valence-corrected chi connectivity index (χ4v) is 6.22. The predicted molar refractivity (Wildman–Crippen MR) is 148 cm³/mol. The summed E-state index contributed by atoms with van der Waals surface area (Å²) in [6.45, 7) is 3.99. The van der Waals surface area contributed by atoms with Gasteiger partial charge in [0, 0.05) is 32.4 Å². The molecule has 216 valence electrons. The van der Waals surface area contributed by atoms with Crippen molar-refractivity contribution in [2.24, 2.45) is 0 Å². The number of halogens is 4. The molecule has 2 unspecified atom stereocenters. The first-order chi connectivity index (χ1) is 19.6. The smallest absolute Gasteiger partial charge is 0.416 e. The lowest BCUT2D eigenvalue weighted by Gasteiger charge is -2.22. The van der Waals surface area contributed by atoms with Gasteiger partial charge in [-0.25, -0.2) is 14.2 Å². The largest absolute Gasteiger partial charge is 0.471 e. The molecule has 6 rings (SSSR count). The average Bonchev–Trinajstić information content (AvgIpc) is 3.62. The van der Waals surface area contributed by atoms with Gasteiger partial charge < -0.3 is 14.5 Å². The Morgan fingerprint density at radius 3 is 2.56 bits per heavy atom. The monoisotopic (exact) mass is 569 g/mol. The molecule has 4 aromatic rings. The summed E-state index contributed by atoms with van der Waals surface area (Å²) in [5.74, 6) is -0.103. The number of pyridine rings is 1. The number of aromatic nitrogens is 3. The second kappa shape index (κ2) is 10.5. The maximum absolute atomic E-state index is 14.8. The van der Waals surface area contributed by atoms with Crippen molar-refractivity contribution in [1.29, 1.82) is 0 Å². The topological polar surface area (TPSA) is 55.5 Å². The minimum atomic E-state index is -4.58. The van der Waals surface area contributed by atoms with E-state index in [4.69, 9.17) is 4.74 Å². The van der Waals surface area contributed by atoms with Gasteiger partial charge in [-0.2, -0.15) is 13.2 Å². The van der Waals surface area contributed by atoms with Gasteiger partial charge in [0.15, 0.2) is 0 Å². The quantitative estimate of drug-likeness (QED) is 0.297. The minimum Gasteiger partial charge on any atom is -0.471 e. The molecular formula is C30H31F4N5O2. The van der Waals surface area contributed by atoms with Crippen molar-refractivity contribution in [3.63, 3.8) is 0 Å². The Morgan fingerprint density at radius 2 is 1.83 bits per heavy atom. The number of rotatable bonds is 6. The highest BCUT2D eigenvalue weighted by atomic mass is 19.4. The van der Waals surface area contributed by atoms with Crippen LogP contribution in [-0.2, 0) is 12.7 Å². The van der Waals surface area contributed by atoms with Crippen LogP contribution >= 0.6 is 0 Å². The summed E-state index contributed by atoms with van der Waals surface area (Å²) >= 11 is 0. The Kier molecular flexibility index (Phi) is 7.01. The van der Waals surface area contributed by atoms with Crippen molar-refractivity contribution in [2.45, 2.75) is 44.6 Å². The van der Waals surface area contributed by atoms with Gasteiger partial charge in [0.05, 0.1) is 29.4 Å². The number of likely N-dealkylation sites (tertiary alicyclic amines) is 1. The van der Waals surface area contributed by atoms with Crippen LogP contribution in [0.4, 0.5) is 23.2 Å². The molecule has 0 N–H and O–H groups in total. The number of likely N-dealkylation sites (N-methyl/N-ethyl adjacent to an activating group) is 1. The molecule has 0 bridgehead atoms. The van der Waals surface area contributed by atoms with Crippen LogP contribution in [0.2, 0.25) is 0 Å². The Balaban J connectivity index is 1.46. The molecule has 0 amide bonds. The number of alkyl halides is 3. The molecule has 2 aliphatic heterocycles. The second-order valence-electron chi connectivity index (χ2n) is 11.0. The SMILES string of the molecule is Cc1cccc(F)c1N1CCC(n2c(=O)n(Cc3ccccc3C(F)(F)F)c3c(OC4CCN(C)C4)nccc32)C1. The average molecular weight is 570 g/mol. The zero-order valence-corrected chi connectivity index (χ0v) is 22.9. The number of para-hydroxylation sites is 1. The summed E-state index contributed by atoms with van der Waals surface area (Å²) in [5, 5.41) is 0. The van der Waals surface area contributed by atoms with Crippen molar-refractivity contribution in [1.82, 2.24) is 19.0 Å². The lowest BCUT2D eigenvalue weighted by molar-refractivity contribution is -0.138. The molecule has 11 heteroatoms. The van der Waals surface area contributed by atoms with E-state index < -0.39 is 17.4 Å². The van der Waals surface area contributed by atoms with Gasteiger partial charge >= 0.3 is 11.9 Å². The molecule has 2 aromatic heterocycles. The first-order valence-electron chi connectivity index (χ1n) is 13.7. The Morgan fingerprint density at radius 1 is 1.02 bits per heavy atom. The Bertz CT molecular complexity index is 1630. The number of hydrogen-bond donors (Lipinski definition) is 0. The molecule has 0 spiro atoms. The zero-order chi connectivity index (χ0) is 28.9. The van der Waals surface area contributed by atoms with Crippen LogP contribution in [0.15, 0.2) is 59.5 Å². The molecule has 0 radical (unpaired) electrons. The molecule has 2 atom stereocenters. The predicted octanol–water partition coefficient (Wildman–Crippen LogP) is 5.25. The van der Waals surface area contributed by atoms with Gasteiger partial charge in [-0.1, -0.05) is 30.3 Å². The molecule has 41 heavy (non-hydrogen) atoms. The van der Waals surface area contributed by atoms with E-state index in [9.17, 15) is 22.4 Å². The summed E-state index contributed by atoms with van der Waals surface area (Å²) in [7, 11) is 1.99. The molecule has 7 nitrogen and oxygen atoms in total. The van der Waals surface area contributed by atoms with Crippen molar-refractivity contribution >= 4 is 16.7 Å². The molecule has 2 aromatic carbocycles. The molecule has 2 saturated heterocycles. The molecule has 2 aliphatic rings. The van der Waals surface area contributed by atoms with E-state index in [-0.39, 0.29) is 36.0 Å². The molecule has 4 heterocycles. The second-order valence-corrected chi connectivity index (χ2v) is 11.0. The maximum Gasteiger partial charge on any atom is 0.416 e. The van der Waals surface area contributed by atoms with E-state index in [0.717, 1.165) is 24.6 Å². The van der Waals surface area contributed by atoms with Gasteiger partial charge in [0.1, 0.15) is 17.4 Å². The van der Waals surface area contributed by atoms with Crippen molar-refractivity contribution in [2.75, 3.05) is 38.1 Å². The maximum atomic E-state index is 14.8. The highest BCUT2D eigenvalue weighted by molar-refractivity contribution is 5.81. The van der Waals surface area contributed by atoms with Crippen molar-refractivity contribution in [3.05, 3.63) is 87.7 Å². The molecule has 0 saturated carbocycles. The standard InChI is InChI=1S/C30H31F4N5O2/c1-19-6-5-9-24(31)26(19)37-15-11-21(17-37)39-25-10-13-35-28(41-22-12-14-36(2)18-22)27(25)38(29(39)40)16-20-7-3-4-8-23(20)30(32,33)34/h3-10,13,21-22H,11-12,14-18H2,1-2H3. The van der Waals surface area contributed by atoms with E-state index in [0.29, 0.717) is 42.8 Å². The number of imidazole rings is 1. The first-order valence-corrected chi connectivity index (χ1v) is 13.7. The lowest BCUT2D eigenvalue weighted by Crippen LogP contribution is -2.30. The van der Waals surface area contributed by atoms with Crippen LogP contribution < -0.4 is 15.3 Å². The normalized spacial score (nSPS) is 19.9. The third-order valence-electron chi connectivity index (χ3n) is 8.15. The Labute approximate surface area is 234 Å². The van der Waals surface area contributed by atoms with Gasteiger partial charge in [0.25, 0.3) is 0 Å². The summed E-state index contributed by atoms with van der Waals surface area (Å²) in [5.41, 5.74) is 0.936. The summed E-state index contributed by atoms with van der Waals surface area (Å²) in [6.07, 6.45) is -1.82. The third kappa shape index (κ3) is 5.07. The fraction of sp³-hybridized carbons (Fsp3) is 0.400. The number of aryl methyl sites for hydroxylation is 1. The first kappa shape index (κ1) is 27.3. The summed E-state index contributed by atoms with van der Waals surface area (Å²) in [4.78, 5) is 22.6. The van der Waals surface area contributed by atoms with Gasteiger partial charge in [0.2, 0.25) is 5.88 Å². The van der Waals surface area contributed by atoms with E-state index in [1.807, 2.05) is 24.9 Å². The number of nitrogens with zero attached hydrogens (tertiary/aromatic N) is 5. The van der Waals surface area contributed by atoms with Gasteiger partial charge in [-0.3, -0.25) is 9.13 Å². The Hall–Kier alpha value is -3.86. The van der Waals surface area contributed by atoms with E-state index in [1.54, 1.807) is 22.9 Å². The number of anilines is 1. The van der Waals surface area contributed by atoms with Crippen LogP contribution in [0.3, 0.4) is 0 Å². The van der Waals surface area contributed by atoms with E-state index in [1.165, 1.54) is 28.8 Å². The van der Waals surface area contributed by atoms with Crippen LogP contribution in [0.25, 0.3) is 11.0 Å². The van der Waals surface area contributed by atoms with Crippen molar-refractivity contribution in [3.8, 4) is 5.88 Å². The van der Waals surface area contributed by atoms with Crippen molar-refractivity contribution < 1.29 is 22.3 Å². The van der Waals surface area contributed by atoms with Crippen LogP contribution in [0, 0.1) is 12.7 Å². The van der Waals surface area contributed by atoms with Gasteiger partial charge in [-0.15, -0.1) is 0 Å². The summed E-state index contributed by atoms with van der Waals surface area (Å²) in [6, 6.07) is 11.6.